The van der Waals surface area contributed by atoms with Crippen LogP contribution in [0.3, 0.4) is 0 Å². The second kappa shape index (κ2) is 7.13. The van der Waals surface area contributed by atoms with Crippen molar-refractivity contribution in [3.8, 4) is 5.75 Å². The first-order valence-corrected chi connectivity index (χ1v) is 9.51. The monoisotopic (exact) mass is 369 g/mol. The topological polar surface area (TPSA) is 93.8 Å². The highest BCUT2D eigenvalue weighted by molar-refractivity contribution is 7.89. The molecule has 0 fully saturated rings. The Balaban J connectivity index is 1.97. The standard InChI is InChI=1S/C19H19N3O3S/c1-14-4-2-7-18(10-14)26(24,25)22-9-8-16(12-22)19(21-13-20)15-5-3-6-17(23)11-15/h2-7,10-13,20,23H,8-9H2,1H3/b20-13?,21-19-. The molecule has 0 unspecified atom stereocenters. The van der Waals surface area contributed by atoms with Gasteiger partial charge in [0.1, 0.15) is 12.1 Å². The van der Waals surface area contributed by atoms with Gasteiger partial charge in [-0.15, -0.1) is 0 Å². The molecule has 0 radical (unpaired) electrons. The van der Waals surface area contributed by atoms with Crippen LogP contribution < -0.4 is 0 Å². The maximum absolute atomic E-state index is 12.9. The predicted molar refractivity (Wildman–Crippen MR) is 101 cm³/mol. The van der Waals surface area contributed by atoms with Crippen molar-refractivity contribution in [3.05, 3.63) is 71.4 Å². The fourth-order valence-corrected chi connectivity index (χ4v) is 4.33. The van der Waals surface area contributed by atoms with Gasteiger partial charge >= 0.3 is 0 Å². The smallest absolute Gasteiger partial charge is 0.263 e. The molecule has 1 heterocycles. The Morgan fingerprint density at radius 1 is 1.23 bits per heavy atom. The van der Waals surface area contributed by atoms with Crippen LogP contribution in [0.1, 0.15) is 17.5 Å². The normalized spacial score (nSPS) is 15.0. The van der Waals surface area contributed by atoms with Crippen LogP contribution >= 0.6 is 0 Å². The van der Waals surface area contributed by atoms with E-state index in [-0.39, 0.29) is 10.6 Å². The summed E-state index contributed by atoms with van der Waals surface area (Å²) < 4.78 is 27.0. The third kappa shape index (κ3) is 3.52. The SMILES string of the molecule is Cc1cccc(S(=O)(=O)N2C=C(/C(=N\C=N)c3cccc(O)c3)CC2)c1. The summed E-state index contributed by atoms with van der Waals surface area (Å²) in [5, 5.41) is 17.0. The Labute approximate surface area is 152 Å². The molecular formula is C19H19N3O3S. The Morgan fingerprint density at radius 3 is 2.69 bits per heavy atom. The molecule has 26 heavy (non-hydrogen) atoms. The molecule has 3 rings (SSSR count). The second-order valence-corrected chi connectivity index (χ2v) is 7.88. The molecule has 2 N–H and O–H groups in total. The fourth-order valence-electron chi connectivity index (χ4n) is 2.87. The lowest BCUT2D eigenvalue weighted by molar-refractivity contribution is 0.475. The van der Waals surface area contributed by atoms with Crippen molar-refractivity contribution in [2.75, 3.05) is 6.54 Å². The number of aromatic hydroxyl groups is 1. The minimum absolute atomic E-state index is 0.0861. The largest absolute Gasteiger partial charge is 0.508 e. The summed E-state index contributed by atoms with van der Waals surface area (Å²) in [4.78, 5) is 4.33. The van der Waals surface area contributed by atoms with Gasteiger partial charge in [-0.3, -0.25) is 9.71 Å². The van der Waals surface area contributed by atoms with E-state index in [4.69, 9.17) is 5.41 Å². The molecule has 0 atom stereocenters. The summed E-state index contributed by atoms with van der Waals surface area (Å²) in [6.45, 7) is 2.16. The van der Waals surface area contributed by atoms with Crippen molar-refractivity contribution in [1.29, 1.82) is 5.41 Å². The van der Waals surface area contributed by atoms with Gasteiger partial charge in [-0.1, -0.05) is 24.3 Å². The van der Waals surface area contributed by atoms with E-state index in [1.165, 1.54) is 4.31 Å². The molecule has 0 bridgehead atoms. The minimum Gasteiger partial charge on any atom is -0.508 e. The number of rotatable bonds is 5. The van der Waals surface area contributed by atoms with Crippen LogP contribution in [0.25, 0.3) is 0 Å². The van der Waals surface area contributed by atoms with Crippen LogP contribution in [0.2, 0.25) is 0 Å². The minimum atomic E-state index is -3.64. The maximum atomic E-state index is 12.9. The van der Waals surface area contributed by atoms with Crippen molar-refractivity contribution >= 4 is 22.1 Å². The van der Waals surface area contributed by atoms with Crippen LogP contribution in [0.15, 0.2) is 70.2 Å². The van der Waals surface area contributed by atoms with Crippen molar-refractivity contribution in [3.63, 3.8) is 0 Å². The van der Waals surface area contributed by atoms with Crippen molar-refractivity contribution in [2.45, 2.75) is 18.2 Å². The Bertz CT molecular complexity index is 1010. The summed E-state index contributed by atoms with van der Waals surface area (Å²) in [7, 11) is -3.64. The average molecular weight is 369 g/mol. The van der Waals surface area contributed by atoms with Gasteiger partial charge in [-0.05, 0) is 48.7 Å². The number of phenolic OH excluding ortho intramolecular Hbond substituents is 1. The fraction of sp³-hybridized carbons (Fsp3) is 0.158. The molecule has 7 heteroatoms. The number of benzene rings is 2. The lowest BCUT2D eigenvalue weighted by Gasteiger charge is -2.16. The summed E-state index contributed by atoms with van der Waals surface area (Å²) in [6.07, 6.45) is 2.95. The third-order valence-electron chi connectivity index (χ3n) is 4.11. The van der Waals surface area contributed by atoms with Gasteiger partial charge in [0.25, 0.3) is 10.0 Å². The molecule has 0 aromatic heterocycles. The maximum Gasteiger partial charge on any atom is 0.263 e. The lowest BCUT2D eigenvalue weighted by Crippen LogP contribution is -2.24. The second-order valence-electron chi connectivity index (χ2n) is 5.99. The Kier molecular flexibility index (Phi) is 4.90. The van der Waals surface area contributed by atoms with Gasteiger partial charge in [0.05, 0.1) is 10.6 Å². The molecule has 134 valence electrons. The van der Waals surface area contributed by atoms with Crippen LogP contribution in [0.5, 0.6) is 5.75 Å². The Morgan fingerprint density at radius 2 is 2.00 bits per heavy atom. The van der Waals surface area contributed by atoms with Crippen molar-refractivity contribution < 1.29 is 13.5 Å². The third-order valence-corrected chi connectivity index (χ3v) is 5.87. The van der Waals surface area contributed by atoms with E-state index >= 15 is 0 Å². The summed E-state index contributed by atoms with van der Waals surface area (Å²) >= 11 is 0. The van der Waals surface area contributed by atoms with E-state index in [1.807, 2.05) is 13.0 Å². The van der Waals surface area contributed by atoms with E-state index in [0.717, 1.165) is 11.9 Å². The number of nitrogens with one attached hydrogen (secondary N) is 1. The van der Waals surface area contributed by atoms with Crippen molar-refractivity contribution in [1.82, 2.24) is 4.31 Å². The zero-order chi connectivity index (χ0) is 18.7. The molecule has 1 aliphatic heterocycles. The van der Waals surface area contributed by atoms with Gasteiger partial charge < -0.3 is 5.11 Å². The molecule has 0 saturated heterocycles. The summed E-state index contributed by atoms with van der Waals surface area (Å²) in [5.41, 5.74) is 2.70. The van der Waals surface area contributed by atoms with Gasteiger partial charge in [0.15, 0.2) is 0 Å². The number of hydrogen-bond donors (Lipinski definition) is 2. The summed E-state index contributed by atoms with van der Waals surface area (Å²) in [6, 6.07) is 13.3. The highest BCUT2D eigenvalue weighted by atomic mass is 32.2. The number of nitrogens with zero attached hydrogens (tertiary/aromatic N) is 2. The number of sulfonamides is 1. The molecule has 1 aliphatic rings. The first-order chi connectivity index (χ1) is 12.4. The number of hydrogen-bond acceptors (Lipinski definition) is 4. The van der Waals surface area contributed by atoms with E-state index < -0.39 is 10.0 Å². The van der Waals surface area contributed by atoms with E-state index in [0.29, 0.717) is 29.8 Å². The van der Waals surface area contributed by atoms with Crippen LogP contribution in [0.4, 0.5) is 0 Å². The van der Waals surface area contributed by atoms with Crippen LogP contribution in [-0.4, -0.2) is 36.4 Å². The van der Waals surface area contributed by atoms with Gasteiger partial charge in [-0.25, -0.2) is 13.4 Å². The summed E-state index contributed by atoms with van der Waals surface area (Å²) in [5.74, 6) is 0.0861. The first kappa shape index (κ1) is 17.9. The van der Waals surface area contributed by atoms with E-state index in [2.05, 4.69) is 4.99 Å². The molecule has 6 nitrogen and oxygen atoms in total. The molecule has 2 aromatic carbocycles. The molecular weight excluding hydrogens is 350 g/mol. The van der Waals surface area contributed by atoms with Crippen LogP contribution in [-0.2, 0) is 10.0 Å². The highest BCUT2D eigenvalue weighted by Gasteiger charge is 2.28. The molecule has 0 spiro atoms. The van der Waals surface area contributed by atoms with E-state index in [9.17, 15) is 13.5 Å². The van der Waals surface area contributed by atoms with Crippen molar-refractivity contribution in [2.24, 2.45) is 4.99 Å². The average Bonchev–Trinajstić information content (AvgIpc) is 3.10. The number of aryl methyl sites for hydroxylation is 1. The van der Waals surface area contributed by atoms with Gasteiger partial charge in [0.2, 0.25) is 0 Å². The number of phenols is 1. The molecule has 0 amide bonds. The Hall–Kier alpha value is -2.93. The van der Waals surface area contributed by atoms with Crippen LogP contribution in [0, 0.1) is 12.3 Å². The van der Waals surface area contributed by atoms with E-state index in [1.54, 1.807) is 48.7 Å². The van der Waals surface area contributed by atoms with Gasteiger partial charge in [-0.2, -0.15) is 0 Å². The molecule has 2 aromatic rings. The molecule has 0 saturated carbocycles. The molecule has 0 aliphatic carbocycles. The first-order valence-electron chi connectivity index (χ1n) is 8.07. The number of aliphatic imine (C=N–C) groups is 1. The highest BCUT2D eigenvalue weighted by Crippen LogP contribution is 2.27. The van der Waals surface area contributed by atoms with Gasteiger partial charge in [0, 0.05) is 18.3 Å². The lowest BCUT2D eigenvalue weighted by atomic mass is 10.0. The predicted octanol–water partition coefficient (Wildman–Crippen LogP) is 3.08. The zero-order valence-corrected chi connectivity index (χ0v) is 15.1. The quantitative estimate of drug-likeness (QED) is 0.626. The zero-order valence-electron chi connectivity index (χ0n) is 14.3.